The van der Waals surface area contributed by atoms with Gasteiger partial charge >= 0.3 is 0 Å². The Morgan fingerprint density at radius 1 is 1.35 bits per heavy atom. The van der Waals surface area contributed by atoms with Crippen molar-refractivity contribution < 1.29 is 14.3 Å². The van der Waals surface area contributed by atoms with Crippen LogP contribution >= 0.6 is 11.3 Å². The van der Waals surface area contributed by atoms with Gasteiger partial charge in [-0.3, -0.25) is 9.59 Å². The summed E-state index contributed by atoms with van der Waals surface area (Å²) in [5, 5.41) is 7.77. The number of nitrogens with zero attached hydrogens (tertiary/aromatic N) is 1. The molecule has 0 bridgehead atoms. The van der Waals surface area contributed by atoms with Gasteiger partial charge in [0.15, 0.2) is 0 Å². The minimum Gasteiger partial charge on any atom is -0.495 e. The minimum absolute atomic E-state index is 0.0494. The monoisotopic (exact) mass is 373 g/mol. The molecule has 1 aromatic heterocycles. The molecular formula is C19H23N3O3S. The number of likely N-dealkylation sites (tertiary alicyclic amines) is 1. The summed E-state index contributed by atoms with van der Waals surface area (Å²) in [5.41, 5.74) is 1.15. The van der Waals surface area contributed by atoms with Crippen molar-refractivity contribution in [3.05, 3.63) is 46.2 Å². The second-order valence-electron chi connectivity index (χ2n) is 6.11. The van der Waals surface area contributed by atoms with E-state index in [1.165, 1.54) is 4.88 Å². The van der Waals surface area contributed by atoms with Crippen LogP contribution in [-0.4, -0.2) is 44.0 Å². The van der Waals surface area contributed by atoms with E-state index in [9.17, 15) is 9.59 Å². The zero-order valence-corrected chi connectivity index (χ0v) is 15.8. The fourth-order valence-electron chi connectivity index (χ4n) is 3.25. The first kappa shape index (κ1) is 18.3. The number of anilines is 1. The number of ether oxygens (including phenoxy) is 1. The Bertz CT molecular complexity index is 776. The van der Waals surface area contributed by atoms with Crippen molar-refractivity contribution in [3.63, 3.8) is 0 Å². The molecule has 1 fully saturated rings. The Kier molecular flexibility index (Phi) is 5.78. The van der Waals surface area contributed by atoms with E-state index in [1.807, 2.05) is 16.3 Å². The number of hydrogen-bond acceptors (Lipinski definition) is 5. The first-order valence-electron chi connectivity index (χ1n) is 8.61. The molecule has 0 radical (unpaired) electrons. The molecule has 0 spiro atoms. The first-order valence-corrected chi connectivity index (χ1v) is 9.49. The lowest BCUT2D eigenvalue weighted by molar-refractivity contribution is -0.130. The number of methoxy groups -OCH3 is 1. The van der Waals surface area contributed by atoms with Crippen molar-refractivity contribution in [1.29, 1.82) is 0 Å². The van der Waals surface area contributed by atoms with Gasteiger partial charge in [-0.05, 0) is 42.5 Å². The fourth-order valence-corrected chi connectivity index (χ4v) is 4.12. The molecule has 7 heteroatoms. The molecule has 3 rings (SSSR count). The predicted octanol–water partition coefficient (Wildman–Crippen LogP) is 2.89. The summed E-state index contributed by atoms with van der Waals surface area (Å²) >= 11 is 1.69. The van der Waals surface area contributed by atoms with Crippen molar-refractivity contribution in [3.8, 4) is 5.75 Å². The van der Waals surface area contributed by atoms with E-state index in [0.717, 1.165) is 19.4 Å². The van der Waals surface area contributed by atoms with Gasteiger partial charge in [-0.25, -0.2) is 0 Å². The summed E-state index contributed by atoms with van der Waals surface area (Å²) in [5.74, 6) is 0.467. The molecule has 1 atom stereocenters. The van der Waals surface area contributed by atoms with Crippen LogP contribution in [0.25, 0.3) is 0 Å². The van der Waals surface area contributed by atoms with Gasteiger partial charge in [0.2, 0.25) is 5.91 Å². The molecule has 1 saturated heterocycles. The number of benzene rings is 1. The average molecular weight is 373 g/mol. The maximum Gasteiger partial charge on any atom is 0.251 e. The Hall–Kier alpha value is -2.54. The Labute approximate surface area is 157 Å². The topological polar surface area (TPSA) is 70.7 Å². The van der Waals surface area contributed by atoms with Gasteiger partial charge in [0, 0.05) is 24.0 Å². The molecule has 2 N–H and O–H groups in total. The Balaban J connectivity index is 1.70. The summed E-state index contributed by atoms with van der Waals surface area (Å²) in [6.45, 7) is 0.938. The highest BCUT2D eigenvalue weighted by Crippen LogP contribution is 2.34. The molecule has 2 amide bonds. The first-order chi connectivity index (χ1) is 12.6. The molecule has 1 unspecified atom stereocenters. The SMILES string of the molecule is CNC(=O)c1ccc(OC)c(NCC(=O)N2CCCC2c2cccs2)c1. The molecule has 26 heavy (non-hydrogen) atoms. The van der Waals surface area contributed by atoms with Crippen LogP contribution in [-0.2, 0) is 4.79 Å². The van der Waals surface area contributed by atoms with Crippen molar-refractivity contribution in [2.45, 2.75) is 18.9 Å². The highest BCUT2D eigenvalue weighted by molar-refractivity contribution is 7.10. The van der Waals surface area contributed by atoms with Crippen LogP contribution in [0.4, 0.5) is 5.69 Å². The van der Waals surface area contributed by atoms with Gasteiger partial charge in [0.1, 0.15) is 5.75 Å². The lowest BCUT2D eigenvalue weighted by Crippen LogP contribution is -2.35. The van der Waals surface area contributed by atoms with Crippen molar-refractivity contribution in [1.82, 2.24) is 10.2 Å². The number of amides is 2. The summed E-state index contributed by atoms with van der Waals surface area (Å²) in [7, 11) is 3.15. The average Bonchev–Trinajstić information content (AvgIpc) is 3.36. The number of rotatable bonds is 6. The van der Waals surface area contributed by atoms with E-state index in [4.69, 9.17) is 4.74 Å². The number of hydrogen-bond donors (Lipinski definition) is 2. The van der Waals surface area contributed by atoms with Crippen LogP contribution in [0, 0.1) is 0 Å². The van der Waals surface area contributed by atoms with E-state index in [1.54, 1.807) is 43.7 Å². The van der Waals surface area contributed by atoms with E-state index in [-0.39, 0.29) is 24.4 Å². The van der Waals surface area contributed by atoms with Gasteiger partial charge in [-0.15, -0.1) is 11.3 Å². The summed E-state index contributed by atoms with van der Waals surface area (Å²) in [6.07, 6.45) is 2.02. The van der Waals surface area contributed by atoms with Crippen LogP contribution in [0.5, 0.6) is 5.75 Å². The molecule has 1 aromatic carbocycles. The third-order valence-corrected chi connectivity index (χ3v) is 5.54. The van der Waals surface area contributed by atoms with E-state index >= 15 is 0 Å². The normalized spacial score (nSPS) is 16.4. The predicted molar refractivity (Wildman–Crippen MR) is 103 cm³/mol. The zero-order chi connectivity index (χ0) is 18.5. The second-order valence-corrected chi connectivity index (χ2v) is 7.09. The summed E-state index contributed by atoms with van der Waals surface area (Å²) < 4.78 is 5.33. The van der Waals surface area contributed by atoms with Crippen LogP contribution in [0.3, 0.4) is 0 Å². The van der Waals surface area contributed by atoms with Crippen molar-refractivity contribution >= 4 is 28.8 Å². The molecule has 0 saturated carbocycles. The van der Waals surface area contributed by atoms with E-state index < -0.39 is 0 Å². The van der Waals surface area contributed by atoms with Crippen molar-refractivity contribution in [2.24, 2.45) is 0 Å². The van der Waals surface area contributed by atoms with Crippen LogP contribution in [0.15, 0.2) is 35.7 Å². The fraction of sp³-hybridized carbons (Fsp3) is 0.368. The standard InChI is InChI=1S/C19H23N3O3S/c1-20-19(24)13-7-8-16(25-2)14(11-13)21-12-18(23)22-9-3-5-15(22)17-6-4-10-26-17/h4,6-8,10-11,15,21H,3,5,9,12H2,1-2H3,(H,20,24). The van der Waals surface area contributed by atoms with Gasteiger partial charge in [-0.2, -0.15) is 0 Å². The molecule has 6 nitrogen and oxygen atoms in total. The number of carbonyl (C=O) groups excluding carboxylic acids is 2. The van der Waals surface area contributed by atoms with E-state index in [2.05, 4.69) is 16.7 Å². The quantitative estimate of drug-likeness (QED) is 0.817. The molecule has 138 valence electrons. The zero-order valence-electron chi connectivity index (χ0n) is 15.0. The van der Waals surface area contributed by atoms with Gasteiger partial charge in [0.05, 0.1) is 25.4 Å². The Morgan fingerprint density at radius 2 is 2.19 bits per heavy atom. The van der Waals surface area contributed by atoms with Gasteiger partial charge in [0.25, 0.3) is 5.91 Å². The molecule has 1 aliphatic rings. The molecule has 2 aromatic rings. The van der Waals surface area contributed by atoms with Crippen LogP contribution < -0.4 is 15.4 Å². The molecule has 2 heterocycles. The Morgan fingerprint density at radius 3 is 2.88 bits per heavy atom. The number of carbonyl (C=O) groups is 2. The highest BCUT2D eigenvalue weighted by atomic mass is 32.1. The summed E-state index contributed by atoms with van der Waals surface area (Å²) in [6, 6.07) is 9.40. The lowest BCUT2D eigenvalue weighted by atomic mass is 10.1. The third-order valence-electron chi connectivity index (χ3n) is 4.56. The molecular weight excluding hydrogens is 350 g/mol. The maximum atomic E-state index is 12.7. The van der Waals surface area contributed by atoms with Gasteiger partial charge < -0.3 is 20.3 Å². The minimum atomic E-state index is -0.181. The second kappa shape index (κ2) is 8.23. The van der Waals surface area contributed by atoms with Gasteiger partial charge in [-0.1, -0.05) is 6.07 Å². The maximum absolute atomic E-state index is 12.7. The number of nitrogens with one attached hydrogen (secondary N) is 2. The number of thiophene rings is 1. The van der Waals surface area contributed by atoms with Crippen LogP contribution in [0.2, 0.25) is 0 Å². The molecule has 1 aliphatic heterocycles. The third kappa shape index (κ3) is 3.83. The highest BCUT2D eigenvalue weighted by Gasteiger charge is 2.30. The largest absolute Gasteiger partial charge is 0.495 e. The molecule has 0 aliphatic carbocycles. The van der Waals surface area contributed by atoms with E-state index in [0.29, 0.717) is 17.0 Å². The lowest BCUT2D eigenvalue weighted by Gasteiger charge is -2.24. The van der Waals surface area contributed by atoms with Crippen molar-refractivity contribution in [2.75, 3.05) is 32.6 Å². The van der Waals surface area contributed by atoms with Crippen LogP contribution in [0.1, 0.15) is 34.1 Å². The smallest absolute Gasteiger partial charge is 0.251 e. The summed E-state index contributed by atoms with van der Waals surface area (Å²) in [4.78, 5) is 27.7.